The minimum atomic E-state index is -0.207. The van der Waals surface area contributed by atoms with Crippen molar-refractivity contribution >= 4 is 6.03 Å². The summed E-state index contributed by atoms with van der Waals surface area (Å²) in [4.78, 5) is 12.2. The molecule has 2 rings (SSSR count). The highest BCUT2D eigenvalue weighted by atomic mass is 16.5. The molecule has 0 aliphatic carbocycles. The van der Waals surface area contributed by atoms with Crippen LogP contribution in [0.3, 0.4) is 0 Å². The van der Waals surface area contributed by atoms with Gasteiger partial charge in [-0.25, -0.2) is 4.79 Å². The van der Waals surface area contributed by atoms with E-state index in [1.165, 1.54) is 0 Å². The molecule has 1 aromatic carbocycles. The summed E-state index contributed by atoms with van der Waals surface area (Å²) in [5.41, 5.74) is 1.01. The Kier molecular flexibility index (Phi) is 5.29. The van der Waals surface area contributed by atoms with Crippen LogP contribution in [-0.2, 0) is 6.42 Å². The lowest BCUT2D eigenvalue weighted by molar-refractivity contribution is 0.181. The second kappa shape index (κ2) is 7.01. The fourth-order valence-corrected chi connectivity index (χ4v) is 2.66. The topological polar surface area (TPSA) is 70.6 Å². The van der Waals surface area contributed by atoms with Gasteiger partial charge in [-0.1, -0.05) is 39.0 Å². The largest absolute Gasteiger partial charge is 0.491 e. The number of benzene rings is 1. The molecule has 22 heavy (non-hydrogen) atoms. The number of rotatable bonds is 4. The average Bonchev–Trinajstić information content (AvgIpc) is 2.45. The molecule has 0 fully saturated rings. The monoisotopic (exact) mass is 306 g/mol. The van der Waals surface area contributed by atoms with E-state index < -0.39 is 0 Å². The van der Waals surface area contributed by atoms with Crippen molar-refractivity contribution in [3.05, 3.63) is 29.8 Å². The van der Waals surface area contributed by atoms with Crippen LogP contribution >= 0.6 is 0 Å². The Bertz CT molecular complexity index is 511. The molecular weight excluding hydrogens is 280 g/mol. The third kappa shape index (κ3) is 4.37. The fraction of sp³-hybridized carbons (Fsp3) is 0.588. The first-order chi connectivity index (χ1) is 10.4. The normalized spacial score (nSPS) is 18.8. The zero-order valence-electron chi connectivity index (χ0n) is 13.6. The molecule has 5 heteroatoms. The lowest BCUT2D eigenvalue weighted by Gasteiger charge is -2.32. The number of fused-ring (bicyclic) bond motifs is 1. The number of hydrogen-bond donors (Lipinski definition) is 3. The van der Waals surface area contributed by atoms with Crippen molar-refractivity contribution in [3.63, 3.8) is 0 Å². The Balaban J connectivity index is 1.90. The second-order valence-electron chi connectivity index (χ2n) is 6.87. The first-order valence-corrected chi connectivity index (χ1v) is 7.78. The van der Waals surface area contributed by atoms with Crippen molar-refractivity contribution in [2.75, 3.05) is 13.2 Å². The van der Waals surface area contributed by atoms with Crippen molar-refractivity contribution in [3.8, 4) is 5.75 Å². The summed E-state index contributed by atoms with van der Waals surface area (Å²) in [5.74, 6) is 0.897. The van der Waals surface area contributed by atoms with E-state index in [1.807, 2.05) is 45.0 Å². The van der Waals surface area contributed by atoms with Crippen LogP contribution in [0.25, 0.3) is 0 Å². The first-order valence-electron chi connectivity index (χ1n) is 7.78. The van der Waals surface area contributed by atoms with Gasteiger partial charge in [0.2, 0.25) is 0 Å². The summed E-state index contributed by atoms with van der Waals surface area (Å²) < 4.78 is 5.67. The van der Waals surface area contributed by atoms with E-state index in [0.717, 1.165) is 17.7 Å². The van der Waals surface area contributed by atoms with E-state index in [-0.39, 0.29) is 30.1 Å². The maximum atomic E-state index is 12.2. The fourth-order valence-electron chi connectivity index (χ4n) is 2.66. The van der Waals surface area contributed by atoms with Gasteiger partial charge in [-0.15, -0.1) is 0 Å². The number of nitrogens with one attached hydrogen (secondary N) is 2. The van der Waals surface area contributed by atoms with Gasteiger partial charge in [0.25, 0.3) is 0 Å². The summed E-state index contributed by atoms with van der Waals surface area (Å²) >= 11 is 0. The number of ether oxygens (including phenoxy) is 1. The minimum Gasteiger partial charge on any atom is -0.491 e. The molecule has 0 saturated heterocycles. The van der Waals surface area contributed by atoms with Crippen molar-refractivity contribution in [2.45, 2.75) is 45.7 Å². The molecule has 0 saturated carbocycles. The van der Waals surface area contributed by atoms with Crippen LogP contribution < -0.4 is 15.4 Å². The number of hydrogen-bond acceptors (Lipinski definition) is 3. The Labute approximate surface area is 132 Å². The van der Waals surface area contributed by atoms with Gasteiger partial charge in [0.05, 0.1) is 6.04 Å². The molecule has 3 N–H and O–H groups in total. The molecule has 1 aromatic rings. The minimum absolute atomic E-state index is 0.0374. The molecule has 1 aliphatic rings. The number of aliphatic hydroxyl groups is 1. The standard InChI is InChI=1S/C17H26N2O3/c1-17(2,3)15(8-9-20)19-16(21)18-13-10-12-6-4-5-7-14(12)22-11-13/h4-7,13,15,20H,8-11H2,1-3H3,(H2,18,19,21)/t13-,15+/m0/s1. The Morgan fingerprint density at radius 1 is 1.41 bits per heavy atom. The predicted molar refractivity (Wildman–Crippen MR) is 86.0 cm³/mol. The number of carbonyl (C=O) groups excluding carboxylic acids is 1. The molecule has 0 unspecified atom stereocenters. The molecule has 2 amide bonds. The summed E-state index contributed by atoms with van der Waals surface area (Å²) in [6, 6.07) is 7.57. The zero-order chi connectivity index (χ0) is 16.2. The number of aliphatic hydroxyl groups excluding tert-OH is 1. The van der Waals surface area contributed by atoms with Gasteiger partial charge < -0.3 is 20.5 Å². The van der Waals surface area contributed by atoms with E-state index in [4.69, 9.17) is 9.84 Å². The first kappa shape index (κ1) is 16.6. The lowest BCUT2D eigenvalue weighted by Crippen LogP contribution is -2.53. The van der Waals surface area contributed by atoms with Gasteiger partial charge in [0.1, 0.15) is 12.4 Å². The van der Waals surface area contributed by atoms with Crippen LogP contribution in [-0.4, -0.2) is 36.4 Å². The maximum absolute atomic E-state index is 12.2. The molecular formula is C17H26N2O3. The Hall–Kier alpha value is -1.75. The van der Waals surface area contributed by atoms with Gasteiger partial charge in [0, 0.05) is 12.6 Å². The second-order valence-corrected chi connectivity index (χ2v) is 6.87. The van der Waals surface area contributed by atoms with E-state index in [2.05, 4.69) is 10.6 Å². The summed E-state index contributed by atoms with van der Waals surface area (Å²) in [6.45, 7) is 6.68. The third-order valence-corrected chi connectivity index (χ3v) is 3.98. The van der Waals surface area contributed by atoms with Crippen LogP contribution in [0.5, 0.6) is 5.75 Å². The molecule has 5 nitrogen and oxygen atoms in total. The SMILES string of the molecule is CC(C)(C)[C@@H](CCO)NC(=O)N[C@@H]1COc2ccccc2C1. The molecule has 0 aromatic heterocycles. The summed E-state index contributed by atoms with van der Waals surface area (Å²) in [5, 5.41) is 15.1. The molecule has 2 atom stereocenters. The summed E-state index contributed by atoms with van der Waals surface area (Å²) in [7, 11) is 0. The third-order valence-electron chi connectivity index (χ3n) is 3.98. The number of para-hydroxylation sites is 1. The number of urea groups is 1. The quantitative estimate of drug-likeness (QED) is 0.797. The van der Waals surface area contributed by atoms with Crippen molar-refractivity contribution < 1.29 is 14.6 Å². The van der Waals surface area contributed by atoms with Crippen molar-refractivity contribution in [2.24, 2.45) is 5.41 Å². The average molecular weight is 306 g/mol. The van der Waals surface area contributed by atoms with E-state index in [0.29, 0.717) is 13.0 Å². The molecule has 122 valence electrons. The Morgan fingerprint density at radius 3 is 2.82 bits per heavy atom. The highest BCUT2D eigenvalue weighted by Crippen LogP contribution is 2.24. The zero-order valence-corrected chi connectivity index (χ0v) is 13.6. The van der Waals surface area contributed by atoms with Crippen LogP contribution in [0.15, 0.2) is 24.3 Å². The van der Waals surface area contributed by atoms with Gasteiger partial charge in [0.15, 0.2) is 0 Å². The van der Waals surface area contributed by atoms with Crippen LogP contribution in [0.1, 0.15) is 32.8 Å². The highest BCUT2D eigenvalue weighted by Gasteiger charge is 2.27. The van der Waals surface area contributed by atoms with E-state index in [9.17, 15) is 4.79 Å². The molecule has 1 heterocycles. The number of amides is 2. The highest BCUT2D eigenvalue weighted by molar-refractivity contribution is 5.74. The lowest BCUT2D eigenvalue weighted by atomic mass is 9.85. The summed E-state index contributed by atoms with van der Waals surface area (Å²) in [6.07, 6.45) is 1.31. The molecule has 1 aliphatic heterocycles. The smallest absolute Gasteiger partial charge is 0.315 e. The van der Waals surface area contributed by atoms with Crippen LogP contribution in [0.2, 0.25) is 0 Å². The van der Waals surface area contributed by atoms with Crippen LogP contribution in [0, 0.1) is 5.41 Å². The van der Waals surface area contributed by atoms with Crippen molar-refractivity contribution in [1.82, 2.24) is 10.6 Å². The molecule has 0 radical (unpaired) electrons. The van der Waals surface area contributed by atoms with Crippen molar-refractivity contribution in [1.29, 1.82) is 0 Å². The molecule has 0 bridgehead atoms. The van der Waals surface area contributed by atoms with E-state index >= 15 is 0 Å². The van der Waals surface area contributed by atoms with Gasteiger partial charge >= 0.3 is 6.03 Å². The number of carbonyl (C=O) groups is 1. The predicted octanol–water partition coefficient (Wildman–Crippen LogP) is 2.09. The van der Waals surface area contributed by atoms with Gasteiger partial charge in [-0.2, -0.15) is 0 Å². The Morgan fingerprint density at radius 2 is 2.14 bits per heavy atom. The van der Waals surface area contributed by atoms with Gasteiger partial charge in [-0.3, -0.25) is 0 Å². The van der Waals surface area contributed by atoms with Gasteiger partial charge in [-0.05, 0) is 29.9 Å². The van der Waals surface area contributed by atoms with Crippen LogP contribution in [0.4, 0.5) is 4.79 Å². The molecule has 0 spiro atoms. The van der Waals surface area contributed by atoms with E-state index in [1.54, 1.807) is 0 Å². The maximum Gasteiger partial charge on any atom is 0.315 e.